The summed E-state index contributed by atoms with van der Waals surface area (Å²) in [7, 11) is 0. The lowest BCUT2D eigenvalue weighted by molar-refractivity contribution is 0.230. The van der Waals surface area contributed by atoms with Crippen LogP contribution in [0.1, 0.15) is 88.5 Å². The van der Waals surface area contributed by atoms with E-state index < -0.39 is 0 Å². The Kier molecular flexibility index (Phi) is 11.0. The summed E-state index contributed by atoms with van der Waals surface area (Å²) < 4.78 is 0. The number of hydrogen-bond donors (Lipinski definition) is 1. The Morgan fingerprint density at radius 3 is 1.96 bits per heavy atom. The molecule has 0 aromatic carbocycles. The molecule has 27 heavy (non-hydrogen) atoms. The van der Waals surface area contributed by atoms with Gasteiger partial charge in [0, 0.05) is 24.8 Å². The van der Waals surface area contributed by atoms with Gasteiger partial charge in [-0.1, -0.05) is 81.0 Å². The fourth-order valence-corrected chi connectivity index (χ4v) is 3.75. The van der Waals surface area contributed by atoms with Crippen molar-refractivity contribution in [2.75, 3.05) is 13.1 Å². The third-order valence-corrected chi connectivity index (χ3v) is 4.60. The van der Waals surface area contributed by atoms with Crippen LogP contribution >= 0.6 is 0 Å². The van der Waals surface area contributed by atoms with Crippen molar-refractivity contribution in [3.8, 4) is 0 Å². The smallest absolute Gasteiger partial charge is 0.0324 e. The minimum atomic E-state index is 0.176. The van der Waals surface area contributed by atoms with Crippen LogP contribution in [0.15, 0.2) is 24.4 Å². The predicted octanol–water partition coefficient (Wildman–Crippen LogP) is 6.88. The summed E-state index contributed by atoms with van der Waals surface area (Å²) in [5.74, 6) is 1.87. The molecule has 160 valence electrons. The van der Waals surface area contributed by atoms with Crippen molar-refractivity contribution in [2.24, 2.45) is 34.3 Å². The van der Waals surface area contributed by atoms with Gasteiger partial charge in [0.1, 0.15) is 0 Å². The van der Waals surface area contributed by atoms with Crippen molar-refractivity contribution in [2.45, 2.75) is 94.5 Å². The third-order valence-electron chi connectivity index (χ3n) is 4.60. The van der Waals surface area contributed by atoms with E-state index >= 15 is 0 Å². The first-order chi connectivity index (χ1) is 12.1. The largest absolute Gasteiger partial charge is 0.373 e. The molecule has 1 unspecified atom stereocenters. The SMILES string of the molecule is C=C(C[C@@H](C[C@H](C)/C=C/C(C)(C)C)CC(C)(C)C)N(CC(C)C)CC(C)N. The molecular formula is C25H50N2. The van der Waals surface area contributed by atoms with Crippen LogP contribution in [0.3, 0.4) is 0 Å². The minimum Gasteiger partial charge on any atom is -0.373 e. The molecule has 0 aliphatic carbocycles. The van der Waals surface area contributed by atoms with Gasteiger partial charge in [0.05, 0.1) is 0 Å². The standard InChI is InChI=1S/C25H50N2/c1-19(2)17-27(18-21(4)26)22(5)15-23(16-25(9,10)11)14-20(3)12-13-24(6,7)8/h12-13,19-21,23H,5,14-18,26H2,1-4,6-11H3/b13-12+/t20-,21?,23-/m1/s1. The van der Waals surface area contributed by atoms with E-state index in [-0.39, 0.29) is 11.5 Å². The van der Waals surface area contributed by atoms with E-state index in [9.17, 15) is 0 Å². The third kappa shape index (κ3) is 14.9. The highest BCUT2D eigenvalue weighted by molar-refractivity contribution is 5.00. The van der Waals surface area contributed by atoms with Crippen LogP contribution in [-0.4, -0.2) is 24.0 Å². The van der Waals surface area contributed by atoms with Gasteiger partial charge in [0.25, 0.3) is 0 Å². The first-order valence-corrected chi connectivity index (χ1v) is 11.0. The molecule has 0 aliphatic rings. The van der Waals surface area contributed by atoms with Crippen LogP contribution in [0.4, 0.5) is 0 Å². The van der Waals surface area contributed by atoms with E-state index in [1.807, 2.05) is 0 Å². The topological polar surface area (TPSA) is 29.3 Å². The first-order valence-electron chi connectivity index (χ1n) is 11.0. The van der Waals surface area contributed by atoms with E-state index in [1.54, 1.807) is 0 Å². The molecule has 0 radical (unpaired) electrons. The molecular weight excluding hydrogens is 328 g/mol. The Bertz CT molecular complexity index is 436. The number of nitrogens with two attached hydrogens (primary N) is 1. The Labute approximate surface area is 171 Å². The second kappa shape index (κ2) is 11.3. The van der Waals surface area contributed by atoms with Gasteiger partial charge in [-0.15, -0.1) is 0 Å². The maximum Gasteiger partial charge on any atom is 0.0324 e. The summed E-state index contributed by atoms with van der Waals surface area (Å²) in [6.07, 6.45) is 8.29. The van der Waals surface area contributed by atoms with Crippen LogP contribution in [0.2, 0.25) is 0 Å². The van der Waals surface area contributed by atoms with Crippen molar-refractivity contribution in [3.05, 3.63) is 24.4 Å². The molecule has 2 heteroatoms. The number of nitrogens with zero attached hydrogens (tertiary/aromatic N) is 1. The van der Waals surface area contributed by atoms with Gasteiger partial charge in [0.15, 0.2) is 0 Å². The van der Waals surface area contributed by atoms with Crippen LogP contribution < -0.4 is 5.73 Å². The lowest BCUT2D eigenvalue weighted by atomic mass is 9.78. The van der Waals surface area contributed by atoms with E-state index in [4.69, 9.17) is 5.73 Å². The average molecular weight is 379 g/mol. The van der Waals surface area contributed by atoms with Crippen molar-refractivity contribution < 1.29 is 0 Å². The molecule has 0 saturated heterocycles. The highest BCUT2D eigenvalue weighted by atomic mass is 15.1. The average Bonchev–Trinajstić information content (AvgIpc) is 2.40. The predicted molar refractivity (Wildman–Crippen MR) is 124 cm³/mol. The summed E-state index contributed by atoms with van der Waals surface area (Å²) in [5.41, 5.74) is 7.96. The zero-order valence-corrected chi connectivity index (χ0v) is 20.2. The van der Waals surface area contributed by atoms with E-state index in [0.717, 1.165) is 19.5 Å². The molecule has 0 bridgehead atoms. The molecule has 0 aliphatic heterocycles. The Balaban J connectivity index is 5.16. The monoisotopic (exact) mass is 378 g/mol. The van der Waals surface area contributed by atoms with Gasteiger partial charge in [-0.3, -0.25) is 0 Å². The zero-order valence-electron chi connectivity index (χ0n) is 20.2. The van der Waals surface area contributed by atoms with Gasteiger partial charge in [-0.25, -0.2) is 0 Å². The normalized spacial score (nSPS) is 16.6. The van der Waals surface area contributed by atoms with E-state index in [0.29, 0.717) is 23.2 Å². The summed E-state index contributed by atoms with van der Waals surface area (Å²) in [4.78, 5) is 2.43. The number of hydrogen-bond acceptors (Lipinski definition) is 2. The van der Waals surface area contributed by atoms with Crippen molar-refractivity contribution >= 4 is 0 Å². The maximum absolute atomic E-state index is 6.11. The van der Waals surface area contributed by atoms with Gasteiger partial charge in [-0.2, -0.15) is 0 Å². The van der Waals surface area contributed by atoms with Crippen LogP contribution in [-0.2, 0) is 0 Å². The molecule has 0 spiro atoms. The Morgan fingerprint density at radius 1 is 1.00 bits per heavy atom. The summed E-state index contributed by atoms with van der Waals surface area (Å²) in [6, 6.07) is 0.176. The van der Waals surface area contributed by atoms with Crippen LogP contribution in [0.5, 0.6) is 0 Å². The number of rotatable bonds is 11. The van der Waals surface area contributed by atoms with Crippen molar-refractivity contribution in [1.29, 1.82) is 0 Å². The van der Waals surface area contributed by atoms with Crippen molar-refractivity contribution in [3.63, 3.8) is 0 Å². The molecule has 0 heterocycles. The summed E-state index contributed by atoms with van der Waals surface area (Å²) in [5, 5.41) is 0. The molecule has 2 N–H and O–H groups in total. The van der Waals surface area contributed by atoms with Crippen LogP contribution in [0.25, 0.3) is 0 Å². The molecule has 0 fully saturated rings. The zero-order chi connectivity index (χ0) is 21.4. The highest BCUT2D eigenvalue weighted by Crippen LogP contribution is 2.33. The molecule has 0 amide bonds. The number of allylic oxidation sites excluding steroid dienone is 3. The minimum absolute atomic E-state index is 0.176. The van der Waals surface area contributed by atoms with Crippen molar-refractivity contribution in [1.82, 2.24) is 4.90 Å². The quantitative estimate of drug-likeness (QED) is 0.397. The lowest BCUT2D eigenvalue weighted by Crippen LogP contribution is -2.37. The molecule has 3 atom stereocenters. The summed E-state index contributed by atoms with van der Waals surface area (Å²) >= 11 is 0. The van der Waals surface area contributed by atoms with E-state index in [2.05, 4.69) is 92.9 Å². The second-order valence-electron chi connectivity index (χ2n) is 11.6. The summed E-state index contributed by atoms with van der Waals surface area (Å²) in [6.45, 7) is 29.3. The first kappa shape index (κ1) is 26.2. The molecule has 0 aromatic rings. The molecule has 2 nitrogen and oxygen atoms in total. The lowest BCUT2D eigenvalue weighted by Gasteiger charge is -2.34. The molecule has 0 saturated carbocycles. The second-order valence-corrected chi connectivity index (χ2v) is 11.6. The van der Waals surface area contributed by atoms with Gasteiger partial charge >= 0.3 is 0 Å². The fourth-order valence-electron chi connectivity index (χ4n) is 3.75. The highest BCUT2D eigenvalue weighted by Gasteiger charge is 2.23. The Morgan fingerprint density at radius 2 is 1.56 bits per heavy atom. The maximum atomic E-state index is 6.11. The molecule has 0 aromatic heterocycles. The van der Waals surface area contributed by atoms with Crippen LogP contribution in [0, 0.1) is 28.6 Å². The molecule has 0 rings (SSSR count). The van der Waals surface area contributed by atoms with Gasteiger partial charge < -0.3 is 10.6 Å². The Hall–Kier alpha value is -0.760. The van der Waals surface area contributed by atoms with Gasteiger partial charge in [-0.05, 0) is 54.8 Å². The fraction of sp³-hybridized carbons (Fsp3) is 0.840. The van der Waals surface area contributed by atoms with Gasteiger partial charge in [0.2, 0.25) is 0 Å². The van der Waals surface area contributed by atoms with E-state index in [1.165, 1.54) is 18.5 Å².